The number of amides is 2. The number of anilines is 1. The monoisotopic (exact) mass is 401 g/mol. The lowest BCUT2D eigenvalue weighted by atomic mass is 9.96. The van der Waals surface area contributed by atoms with Gasteiger partial charge in [0.2, 0.25) is 11.8 Å². The number of carbonyl (C=O) groups excluding carboxylic acids is 2. The zero-order chi connectivity index (χ0) is 20.3. The Kier molecular flexibility index (Phi) is 8.96. The van der Waals surface area contributed by atoms with Gasteiger partial charge in [-0.2, -0.15) is 0 Å². The number of ether oxygens (including phenoxy) is 1. The fraction of sp³-hybridized carbons (Fsp3) is 0.652. The highest BCUT2D eigenvalue weighted by molar-refractivity contribution is 5.92. The maximum Gasteiger partial charge on any atom is 0.234 e. The van der Waals surface area contributed by atoms with Gasteiger partial charge in [0.05, 0.1) is 12.6 Å². The molecule has 6 heteroatoms. The summed E-state index contributed by atoms with van der Waals surface area (Å²) in [6, 6.07) is 9.57. The molecule has 1 heterocycles. The number of rotatable bonds is 9. The molecule has 0 spiro atoms. The molecule has 2 amide bonds. The van der Waals surface area contributed by atoms with Gasteiger partial charge in [-0.15, -0.1) is 0 Å². The van der Waals surface area contributed by atoms with Crippen LogP contribution in [0.3, 0.4) is 0 Å². The minimum atomic E-state index is 0.0199. The highest BCUT2D eigenvalue weighted by Gasteiger charge is 2.25. The van der Waals surface area contributed by atoms with E-state index in [4.69, 9.17) is 4.74 Å². The second-order valence-corrected chi connectivity index (χ2v) is 8.24. The smallest absolute Gasteiger partial charge is 0.234 e. The second kappa shape index (κ2) is 11.9. The Balaban J connectivity index is 1.24. The molecule has 0 unspecified atom stereocenters. The molecule has 0 bridgehead atoms. The maximum absolute atomic E-state index is 12.4. The summed E-state index contributed by atoms with van der Waals surface area (Å²) in [6.45, 7) is 3.38. The van der Waals surface area contributed by atoms with E-state index in [-0.39, 0.29) is 17.7 Å². The lowest BCUT2D eigenvalue weighted by molar-refractivity contribution is -0.123. The predicted molar refractivity (Wildman–Crippen MR) is 115 cm³/mol. The summed E-state index contributed by atoms with van der Waals surface area (Å²) in [5.74, 6) is 0.166. The van der Waals surface area contributed by atoms with Gasteiger partial charge in [-0.25, -0.2) is 0 Å². The van der Waals surface area contributed by atoms with Crippen molar-refractivity contribution in [2.45, 2.75) is 57.5 Å². The Labute approximate surface area is 174 Å². The van der Waals surface area contributed by atoms with Crippen molar-refractivity contribution in [2.24, 2.45) is 5.92 Å². The molecule has 0 atom stereocenters. The predicted octanol–water partition coefficient (Wildman–Crippen LogP) is 3.19. The largest absolute Gasteiger partial charge is 0.378 e. The average molecular weight is 402 g/mol. The van der Waals surface area contributed by atoms with Crippen LogP contribution >= 0.6 is 0 Å². The van der Waals surface area contributed by atoms with Crippen molar-refractivity contribution >= 4 is 17.5 Å². The van der Waals surface area contributed by atoms with Gasteiger partial charge >= 0.3 is 0 Å². The first-order valence-corrected chi connectivity index (χ1v) is 11.2. The third kappa shape index (κ3) is 7.78. The zero-order valence-corrected chi connectivity index (χ0v) is 17.4. The van der Waals surface area contributed by atoms with E-state index in [0.29, 0.717) is 19.2 Å². The number of para-hydroxylation sites is 1. The van der Waals surface area contributed by atoms with Crippen LogP contribution in [0.5, 0.6) is 0 Å². The van der Waals surface area contributed by atoms with Crippen LogP contribution in [0.1, 0.15) is 51.4 Å². The normalized spacial score (nSPS) is 19.0. The Bertz CT molecular complexity index is 624. The molecule has 0 aromatic heterocycles. The van der Waals surface area contributed by atoms with E-state index < -0.39 is 0 Å². The van der Waals surface area contributed by atoms with Crippen molar-refractivity contribution in [2.75, 3.05) is 38.1 Å². The average Bonchev–Trinajstić information content (AvgIpc) is 2.75. The van der Waals surface area contributed by atoms with E-state index in [9.17, 15) is 9.59 Å². The topological polar surface area (TPSA) is 70.7 Å². The van der Waals surface area contributed by atoms with Crippen LogP contribution in [0.25, 0.3) is 0 Å². The summed E-state index contributed by atoms with van der Waals surface area (Å²) in [5.41, 5.74) is 0.840. The van der Waals surface area contributed by atoms with Gasteiger partial charge in [0.1, 0.15) is 0 Å². The van der Waals surface area contributed by atoms with Crippen LogP contribution in [-0.4, -0.2) is 55.6 Å². The number of likely N-dealkylation sites (tertiary alicyclic amines) is 1. The number of hydrogen-bond acceptors (Lipinski definition) is 4. The van der Waals surface area contributed by atoms with E-state index in [2.05, 4.69) is 15.5 Å². The molecule has 3 rings (SSSR count). The number of nitrogens with zero attached hydrogens (tertiary/aromatic N) is 1. The lowest BCUT2D eigenvalue weighted by Gasteiger charge is -2.30. The molecule has 2 N–H and O–H groups in total. The minimum absolute atomic E-state index is 0.0199. The van der Waals surface area contributed by atoms with Gasteiger partial charge in [-0.1, -0.05) is 37.5 Å². The Morgan fingerprint density at radius 2 is 1.72 bits per heavy atom. The summed E-state index contributed by atoms with van der Waals surface area (Å²) < 4.78 is 5.89. The third-order valence-corrected chi connectivity index (χ3v) is 5.92. The maximum atomic E-state index is 12.4. The second-order valence-electron chi connectivity index (χ2n) is 8.24. The summed E-state index contributed by atoms with van der Waals surface area (Å²) >= 11 is 0. The summed E-state index contributed by atoms with van der Waals surface area (Å²) in [6.07, 6.45) is 9.16. The molecule has 6 nitrogen and oxygen atoms in total. The van der Waals surface area contributed by atoms with Gasteiger partial charge in [0, 0.05) is 24.8 Å². The molecule has 1 aromatic rings. The molecule has 1 aromatic carbocycles. The van der Waals surface area contributed by atoms with Gasteiger partial charge in [-0.05, 0) is 57.3 Å². The molecule has 160 valence electrons. The Hall–Kier alpha value is -1.92. The van der Waals surface area contributed by atoms with Gasteiger partial charge < -0.3 is 15.4 Å². The van der Waals surface area contributed by atoms with Crippen LogP contribution in [0.4, 0.5) is 5.69 Å². The van der Waals surface area contributed by atoms with E-state index >= 15 is 0 Å². The summed E-state index contributed by atoms with van der Waals surface area (Å²) in [5, 5.41) is 5.98. The molecule has 2 fully saturated rings. The molecule has 1 aliphatic heterocycles. The quantitative estimate of drug-likeness (QED) is 0.624. The van der Waals surface area contributed by atoms with E-state index in [0.717, 1.165) is 44.6 Å². The molecule has 1 saturated heterocycles. The van der Waals surface area contributed by atoms with Crippen LogP contribution in [0, 0.1) is 5.92 Å². The summed E-state index contributed by atoms with van der Waals surface area (Å²) in [4.78, 5) is 26.7. The number of hydrogen-bond donors (Lipinski definition) is 2. The standard InChI is InChI=1S/C23H35N3O3/c27-22(24-14-7-17-29-21-10-5-2-6-11-21)18-26-15-12-19(13-16-26)23(28)25-20-8-3-1-4-9-20/h1,3-4,8-9,19,21H,2,5-7,10-18H2,(H,24,27)(H,25,28). The Morgan fingerprint density at radius 1 is 1.00 bits per heavy atom. The Morgan fingerprint density at radius 3 is 2.45 bits per heavy atom. The molecule has 0 radical (unpaired) electrons. The fourth-order valence-corrected chi connectivity index (χ4v) is 4.16. The van der Waals surface area contributed by atoms with Crippen molar-refractivity contribution in [1.29, 1.82) is 0 Å². The number of piperidine rings is 1. The van der Waals surface area contributed by atoms with Gasteiger partial charge in [0.15, 0.2) is 0 Å². The fourth-order valence-electron chi connectivity index (χ4n) is 4.16. The van der Waals surface area contributed by atoms with Gasteiger partial charge in [-0.3, -0.25) is 14.5 Å². The third-order valence-electron chi connectivity index (χ3n) is 5.92. The first kappa shape index (κ1) is 21.8. The van der Waals surface area contributed by atoms with E-state index in [1.54, 1.807) is 0 Å². The molecular weight excluding hydrogens is 366 g/mol. The van der Waals surface area contributed by atoms with Crippen LogP contribution in [0.2, 0.25) is 0 Å². The van der Waals surface area contributed by atoms with Crippen molar-refractivity contribution in [3.63, 3.8) is 0 Å². The SMILES string of the molecule is O=C(CN1CCC(C(=O)Nc2ccccc2)CC1)NCCCOC1CCCCC1. The minimum Gasteiger partial charge on any atom is -0.378 e. The van der Waals surface area contributed by atoms with Crippen LogP contribution in [0.15, 0.2) is 30.3 Å². The highest BCUT2D eigenvalue weighted by Crippen LogP contribution is 2.20. The molecule has 2 aliphatic rings. The van der Waals surface area contributed by atoms with Gasteiger partial charge in [0.25, 0.3) is 0 Å². The number of carbonyl (C=O) groups is 2. The summed E-state index contributed by atoms with van der Waals surface area (Å²) in [7, 11) is 0. The zero-order valence-electron chi connectivity index (χ0n) is 17.4. The van der Waals surface area contributed by atoms with Crippen molar-refractivity contribution in [3.05, 3.63) is 30.3 Å². The number of benzene rings is 1. The first-order valence-electron chi connectivity index (χ1n) is 11.2. The van der Waals surface area contributed by atoms with Crippen LogP contribution < -0.4 is 10.6 Å². The lowest BCUT2D eigenvalue weighted by Crippen LogP contribution is -2.43. The first-order chi connectivity index (χ1) is 14.2. The molecular formula is C23H35N3O3. The van der Waals surface area contributed by atoms with Crippen molar-refractivity contribution in [3.8, 4) is 0 Å². The molecule has 1 saturated carbocycles. The molecule has 29 heavy (non-hydrogen) atoms. The van der Waals surface area contributed by atoms with Crippen molar-refractivity contribution < 1.29 is 14.3 Å². The van der Waals surface area contributed by atoms with Crippen molar-refractivity contribution in [1.82, 2.24) is 10.2 Å². The van der Waals surface area contributed by atoms with E-state index in [1.807, 2.05) is 30.3 Å². The molecule has 1 aliphatic carbocycles. The van der Waals surface area contributed by atoms with E-state index in [1.165, 1.54) is 32.1 Å². The number of nitrogens with one attached hydrogen (secondary N) is 2. The highest BCUT2D eigenvalue weighted by atomic mass is 16.5. The van der Waals surface area contributed by atoms with Crippen LogP contribution in [-0.2, 0) is 14.3 Å².